The maximum absolute atomic E-state index is 15.4. The van der Waals surface area contributed by atoms with Gasteiger partial charge in [-0.05, 0) is 62.6 Å². The molecule has 1 fully saturated rings. The van der Waals surface area contributed by atoms with Crippen LogP contribution < -0.4 is 10.1 Å². The van der Waals surface area contributed by atoms with Gasteiger partial charge in [0.25, 0.3) is 10.0 Å². The van der Waals surface area contributed by atoms with E-state index in [9.17, 15) is 13.7 Å². The second-order valence-electron chi connectivity index (χ2n) is 8.94. The van der Waals surface area contributed by atoms with Gasteiger partial charge < -0.3 is 14.8 Å². The smallest absolute Gasteiger partial charge is 0.264 e. The molecule has 186 valence electrons. The Labute approximate surface area is 205 Å². The Morgan fingerprint density at radius 2 is 2.09 bits per heavy atom. The lowest BCUT2D eigenvalue weighted by Gasteiger charge is -2.28. The maximum atomic E-state index is 15.4. The van der Waals surface area contributed by atoms with E-state index in [0.717, 1.165) is 16.8 Å². The van der Waals surface area contributed by atoms with E-state index in [1.54, 1.807) is 37.4 Å². The summed E-state index contributed by atoms with van der Waals surface area (Å²) in [6.07, 6.45) is 8.03. The molecule has 2 heterocycles. The van der Waals surface area contributed by atoms with Gasteiger partial charge in [-0.1, -0.05) is 12.2 Å². The number of nitrogens with one attached hydrogen (secondary N) is 1. The molecule has 0 saturated carbocycles. The van der Waals surface area contributed by atoms with E-state index in [0.29, 0.717) is 37.0 Å². The Kier molecular flexibility index (Phi) is 7.75. The molecule has 0 bridgehead atoms. The van der Waals surface area contributed by atoms with Crippen molar-refractivity contribution in [1.82, 2.24) is 9.29 Å². The van der Waals surface area contributed by atoms with Crippen LogP contribution in [0.3, 0.4) is 0 Å². The van der Waals surface area contributed by atoms with Crippen LogP contribution in [0.2, 0.25) is 0 Å². The minimum Gasteiger partial charge on any atom is -0.490 e. The number of rotatable bonds is 8. The molecule has 1 aliphatic carbocycles. The molecule has 2 unspecified atom stereocenters. The van der Waals surface area contributed by atoms with Crippen molar-refractivity contribution in [2.45, 2.75) is 38.8 Å². The van der Waals surface area contributed by atoms with E-state index in [2.05, 4.69) is 11.4 Å². The molecular weight excluding hydrogens is 469 g/mol. The summed E-state index contributed by atoms with van der Waals surface area (Å²) in [6, 6.07) is 8.29. The highest BCUT2D eigenvalue weighted by atomic mass is 32.2. The average Bonchev–Trinajstić information content (AvgIpc) is 3.29. The van der Waals surface area contributed by atoms with Crippen LogP contribution in [0.15, 0.2) is 53.6 Å². The fourth-order valence-electron chi connectivity index (χ4n) is 4.52. The monoisotopic (exact) mass is 499 g/mol. The lowest BCUT2D eigenvalue weighted by Crippen LogP contribution is -2.29. The maximum Gasteiger partial charge on any atom is 0.264 e. The van der Waals surface area contributed by atoms with E-state index < -0.39 is 21.8 Å². The van der Waals surface area contributed by atoms with E-state index in [1.165, 1.54) is 18.3 Å². The molecule has 35 heavy (non-hydrogen) atoms. The van der Waals surface area contributed by atoms with Crippen molar-refractivity contribution >= 4 is 10.0 Å². The number of ether oxygens (including phenoxy) is 2. The molecule has 9 heteroatoms. The normalized spacial score (nSPS) is 19.7. The van der Waals surface area contributed by atoms with Crippen molar-refractivity contribution in [1.29, 1.82) is 5.26 Å². The number of hydrogen-bond donors (Lipinski definition) is 1. The van der Waals surface area contributed by atoms with Gasteiger partial charge in [0.2, 0.25) is 0 Å². The molecule has 1 aromatic heterocycles. The average molecular weight is 500 g/mol. The Bertz CT molecular complexity index is 1270. The predicted octanol–water partition coefficient (Wildman–Crippen LogP) is 4.37. The van der Waals surface area contributed by atoms with E-state index in [4.69, 9.17) is 9.47 Å². The topological polar surface area (TPSA) is 93.3 Å². The number of benzene rings is 1. The molecule has 0 radical (unpaired) electrons. The van der Waals surface area contributed by atoms with E-state index in [-0.39, 0.29) is 28.7 Å². The van der Waals surface area contributed by atoms with Gasteiger partial charge in [0.1, 0.15) is 11.6 Å². The number of aromatic nitrogens is 1. The largest absolute Gasteiger partial charge is 0.490 e. The molecule has 2 aliphatic rings. The van der Waals surface area contributed by atoms with E-state index >= 15 is 4.39 Å². The fourth-order valence-corrected chi connectivity index (χ4v) is 6.10. The highest BCUT2D eigenvalue weighted by molar-refractivity contribution is 7.93. The second kappa shape index (κ2) is 10.8. The highest BCUT2D eigenvalue weighted by Gasteiger charge is 2.28. The van der Waals surface area contributed by atoms with Gasteiger partial charge in [-0.3, -0.25) is 0 Å². The van der Waals surface area contributed by atoms with Crippen LogP contribution in [-0.2, 0) is 21.3 Å². The molecule has 7 nitrogen and oxygen atoms in total. The minimum absolute atomic E-state index is 0.0771. The molecule has 2 aromatic rings. The van der Waals surface area contributed by atoms with Crippen LogP contribution in [0.4, 0.5) is 4.39 Å². The Morgan fingerprint density at radius 3 is 2.77 bits per heavy atom. The van der Waals surface area contributed by atoms with Gasteiger partial charge in [0.05, 0.1) is 28.7 Å². The number of hydrogen-bond acceptors (Lipinski definition) is 6. The third-order valence-corrected chi connectivity index (χ3v) is 8.28. The SMILES string of the molecule is CNCc1cc(-c2ccc(OC(C)C3CCOCC3)cc2F)n(S(=O)(=O)C2=CC=CC(C#N)C2)c1. The van der Waals surface area contributed by atoms with Crippen LogP contribution in [0.1, 0.15) is 31.7 Å². The Hall–Kier alpha value is -2.93. The Morgan fingerprint density at radius 1 is 1.31 bits per heavy atom. The molecule has 1 N–H and O–H groups in total. The molecule has 1 aliphatic heterocycles. The quantitative estimate of drug-likeness (QED) is 0.580. The third kappa shape index (κ3) is 5.50. The summed E-state index contributed by atoms with van der Waals surface area (Å²) >= 11 is 0. The van der Waals surface area contributed by atoms with Crippen LogP contribution in [0.5, 0.6) is 5.75 Å². The van der Waals surface area contributed by atoms with Crippen molar-refractivity contribution < 1.29 is 22.3 Å². The highest BCUT2D eigenvalue weighted by Crippen LogP contribution is 2.33. The first kappa shape index (κ1) is 25.2. The second-order valence-corrected chi connectivity index (χ2v) is 10.8. The van der Waals surface area contributed by atoms with Crippen molar-refractivity contribution in [3.05, 3.63) is 65.0 Å². The van der Waals surface area contributed by atoms with Gasteiger partial charge in [0.15, 0.2) is 0 Å². The summed E-state index contributed by atoms with van der Waals surface area (Å²) in [5.74, 6) is -0.349. The standard InChI is InChI=1S/C26H30FN3O4S/c1-18(21-8-10-33-11-9-21)34-22-6-7-24(25(27)14-22)26-13-20(16-29-2)17-30(26)35(31,32)23-5-3-4-19(12-23)15-28/h3-7,13-14,17-19,21,29H,8-12,16H2,1-2H3. The van der Waals surface area contributed by atoms with Crippen molar-refractivity contribution in [2.24, 2.45) is 11.8 Å². The van der Waals surface area contributed by atoms with Crippen molar-refractivity contribution in [3.8, 4) is 23.1 Å². The van der Waals surface area contributed by atoms with Crippen LogP contribution >= 0.6 is 0 Å². The minimum atomic E-state index is -4.00. The lowest BCUT2D eigenvalue weighted by atomic mass is 9.95. The van der Waals surface area contributed by atoms with Crippen molar-refractivity contribution in [3.63, 3.8) is 0 Å². The molecule has 0 spiro atoms. The van der Waals surface area contributed by atoms with Gasteiger partial charge in [-0.15, -0.1) is 0 Å². The Balaban J connectivity index is 1.66. The summed E-state index contributed by atoms with van der Waals surface area (Å²) < 4.78 is 54.9. The zero-order valence-electron chi connectivity index (χ0n) is 19.9. The number of nitriles is 1. The predicted molar refractivity (Wildman–Crippen MR) is 131 cm³/mol. The summed E-state index contributed by atoms with van der Waals surface area (Å²) in [4.78, 5) is 0.116. The van der Waals surface area contributed by atoms with Crippen LogP contribution in [0.25, 0.3) is 11.3 Å². The van der Waals surface area contributed by atoms with Gasteiger partial charge >= 0.3 is 0 Å². The molecule has 1 saturated heterocycles. The summed E-state index contributed by atoms with van der Waals surface area (Å²) in [6.45, 7) is 3.80. The summed E-state index contributed by atoms with van der Waals surface area (Å²) in [5, 5.41) is 12.3. The fraction of sp³-hybridized carbons (Fsp3) is 0.423. The first-order valence-corrected chi connectivity index (χ1v) is 13.2. The summed E-state index contributed by atoms with van der Waals surface area (Å²) in [7, 11) is -2.25. The molecular formula is C26H30FN3O4S. The zero-order valence-corrected chi connectivity index (χ0v) is 20.7. The summed E-state index contributed by atoms with van der Waals surface area (Å²) in [5.41, 5.74) is 1.08. The number of allylic oxidation sites excluding steroid dienone is 4. The van der Waals surface area contributed by atoms with Crippen molar-refractivity contribution in [2.75, 3.05) is 20.3 Å². The molecule has 1 aromatic carbocycles. The number of nitrogens with zero attached hydrogens (tertiary/aromatic N) is 2. The van der Waals surface area contributed by atoms with Crippen LogP contribution in [0, 0.1) is 29.0 Å². The van der Waals surface area contributed by atoms with Gasteiger partial charge in [-0.25, -0.2) is 16.8 Å². The van der Waals surface area contributed by atoms with Gasteiger partial charge in [-0.2, -0.15) is 5.26 Å². The first-order chi connectivity index (χ1) is 16.8. The first-order valence-electron chi connectivity index (χ1n) is 11.8. The molecule has 2 atom stereocenters. The zero-order chi connectivity index (χ0) is 25.0. The third-order valence-electron chi connectivity index (χ3n) is 6.49. The van der Waals surface area contributed by atoms with E-state index in [1.807, 2.05) is 6.92 Å². The lowest BCUT2D eigenvalue weighted by molar-refractivity contribution is 0.0238. The number of halogens is 1. The molecule has 4 rings (SSSR count). The van der Waals surface area contributed by atoms with Crippen LogP contribution in [-0.4, -0.2) is 38.8 Å². The van der Waals surface area contributed by atoms with Gasteiger partial charge in [0, 0.05) is 44.0 Å². The molecule has 0 amide bonds.